The molecule has 0 heterocycles. The third-order valence-corrected chi connectivity index (χ3v) is 1.79. The zero-order chi connectivity index (χ0) is 9.61. The number of hydrogen-bond acceptors (Lipinski definition) is 4. The first kappa shape index (κ1) is 12.0. The maximum absolute atomic E-state index is 11.5. The number of aliphatic hydroxyl groups excluding tert-OH is 1. The molecule has 2 N–H and O–H groups in total. The average molecular weight is 202 g/mol. The summed E-state index contributed by atoms with van der Waals surface area (Å²) in [6.07, 6.45) is -0.862. The van der Waals surface area contributed by atoms with Crippen molar-refractivity contribution in [3.8, 4) is 0 Å². The maximum atomic E-state index is 11.5. The van der Waals surface area contributed by atoms with Crippen LogP contribution in [0.25, 0.3) is 0 Å². The summed E-state index contributed by atoms with van der Waals surface area (Å²) in [7, 11) is -4.16. The highest BCUT2D eigenvalue weighted by molar-refractivity contribution is 7.47. The molecule has 0 aromatic rings. The summed E-state index contributed by atoms with van der Waals surface area (Å²) in [5.74, 6) is 0. The second-order valence-corrected chi connectivity index (χ2v) is 3.59. The van der Waals surface area contributed by atoms with Gasteiger partial charge in [0.1, 0.15) is 6.67 Å². The Morgan fingerprint density at radius 2 is 2.17 bits per heavy atom. The Morgan fingerprint density at radius 1 is 1.58 bits per heavy atom. The monoisotopic (exact) mass is 202 g/mol. The minimum atomic E-state index is -4.16. The highest BCUT2D eigenvalue weighted by atomic mass is 31.2. The predicted molar refractivity (Wildman–Crippen MR) is 39.4 cm³/mol. The second-order valence-electron chi connectivity index (χ2n) is 2.14. The Labute approximate surface area is 69.7 Å². The maximum Gasteiger partial charge on any atom is 0.472 e. The van der Waals surface area contributed by atoms with Crippen molar-refractivity contribution in [2.45, 2.75) is 13.0 Å². The first-order valence-electron chi connectivity index (χ1n) is 3.34. The van der Waals surface area contributed by atoms with Gasteiger partial charge in [-0.3, -0.25) is 9.05 Å². The van der Waals surface area contributed by atoms with E-state index < -0.39 is 27.2 Å². The minimum absolute atomic E-state index is 0.319. The minimum Gasteiger partial charge on any atom is -0.391 e. The van der Waals surface area contributed by atoms with Crippen molar-refractivity contribution in [2.24, 2.45) is 0 Å². The number of phosphoric ester groups is 1. The van der Waals surface area contributed by atoms with E-state index >= 15 is 0 Å². The van der Waals surface area contributed by atoms with Crippen LogP contribution in [0.15, 0.2) is 0 Å². The average Bonchev–Trinajstić information content (AvgIpc) is 1.98. The quantitative estimate of drug-likeness (QED) is 0.612. The summed E-state index contributed by atoms with van der Waals surface area (Å²) in [6, 6.07) is 0. The van der Waals surface area contributed by atoms with Gasteiger partial charge < -0.3 is 10.00 Å². The third-order valence-electron chi connectivity index (χ3n) is 0.810. The van der Waals surface area contributed by atoms with Crippen LogP contribution in [0, 0.1) is 0 Å². The van der Waals surface area contributed by atoms with E-state index in [0.717, 1.165) is 0 Å². The summed E-state index contributed by atoms with van der Waals surface area (Å²) >= 11 is 0. The molecular formula is C5H12FO5P. The molecule has 0 saturated heterocycles. The van der Waals surface area contributed by atoms with E-state index in [2.05, 4.69) is 9.05 Å². The van der Waals surface area contributed by atoms with E-state index in [1.54, 1.807) is 0 Å². The van der Waals surface area contributed by atoms with E-state index in [0.29, 0.717) is 0 Å². The Morgan fingerprint density at radius 3 is 2.58 bits per heavy atom. The number of phosphoric acid groups is 1. The lowest BCUT2D eigenvalue weighted by molar-refractivity contribution is 0.0808. The fourth-order valence-electron chi connectivity index (χ4n) is 0.389. The Hall–Kier alpha value is -0.0000000000000000555. The number of halogens is 1. The van der Waals surface area contributed by atoms with E-state index in [4.69, 9.17) is 10.00 Å². The number of aliphatic hydroxyl groups is 1. The van der Waals surface area contributed by atoms with Crippen LogP contribution in [0.1, 0.15) is 6.92 Å². The van der Waals surface area contributed by atoms with E-state index in [-0.39, 0.29) is 6.61 Å². The van der Waals surface area contributed by atoms with Crippen molar-refractivity contribution in [1.82, 2.24) is 0 Å². The summed E-state index contributed by atoms with van der Waals surface area (Å²) in [5, 5.41) is 8.65. The van der Waals surface area contributed by atoms with Crippen molar-refractivity contribution in [2.75, 3.05) is 19.9 Å². The molecular weight excluding hydrogens is 190 g/mol. The number of rotatable bonds is 6. The fraction of sp³-hybridized carbons (Fsp3) is 1.00. The van der Waals surface area contributed by atoms with Gasteiger partial charge in [-0.15, -0.1) is 0 Å². The molecule has 2 atom stereocenters. The van der Waals surface area contributed by atoms with Crippen LogP contribution in [0.4, 0.5) is 4.39 Å². The smallest absolute Gasteiger partial charge is 0.391 e. The van der Waals surface area contributed by atoms with Gasteiger partial charge in [-0.1, -0.05) is 0 Å². The van der Waals surface area contributed by atoms with Crippen LogP contribution in [0.5, 0.6) is 0 Å². The van der Waals surface area contributed by atoms with Gasteiger partial charge in [0.05, 0.1) is 19.3 Å². The predicted octanol–water partition coefficient (Wildman–Crippen LogP) is 0.470. The van der Waals surface area contributed by atoms with Crippen LogP contribution >= 0.6 is 7.82 Å². The van der Waals surface area contributed by atoms with Gasteiger partial charge in [-0.25, -0.2) is 8.96 Å². The number of alkyl halides is 1. The molecule has 0 rings (SSSR count). The molecule has 7 heteroatoms. The lowest BCUT2D eigenvalue weighted by Crippen LogP contribution is -2.10. The largest absolute Gasteiger partial charge is 0.472 e. The Bertz CT molecular complexity index is 162. The molecule has 0 radical (unpaired) electrons. The molecule has 0 aliphatic carbocycles. The second kappa shape index (κ2) is 5.61. The molecule has 0 amide bonds. The highest BCUT2D eigenvalue weighted by Gasteiger charge is 2.21. The summed E-state index contributed by atoms with van der Waals surface area (Å²) < 4.78 is 30.6. The topological polar surface area (TPSA) is 76.0 Å². The zero-order valence-electron chi connectivity index (χ0n) is 6.64. The van der Waals surface area contributed by atoms with Crippen molar-refractivity contribution in [3.63, 3.8) is 0 Å². The molecule has 2 unspecified atom stereocenters. The van der Waals surface area contributed by atoms with Crippen molar-refractivity contribution < 1.29 is 28.0 Å². The molecule has 0 aliphatic heterocycles. The van der Waals surface area contributed by atoms with E-state index in [9.17, 15) is 8.96 Å². The lowest BCUT2D eigenvalue weighted by atomic mass is 10.5. The van der Waals surface area contributed by atoms with Gasteiger partial charge in [0.2, 0.25) is 0 Å². The first-order valence-corrected chi connectivity index (χ1v) is 4.83. The van der Waals surface area contributed by atoms with Crippen LogP contribution in [-0.4, -0.2) is 36.0 Å². The molecule has 0 aromatic heterocycles. The van der Waals surface area contributed by atoms with Gasteiger partial charge in [-0.2, -0.15) is 0 Å². The Kier molecular flexibility index (Phi) is 5.61. The van der Waals surface area contributed by atoms with E-state index in [1.165, 1.54) is 6.92 Å². The van der Waals surface area contributed by atoms with Crippen LogP contribution in [0.3, 0.4) is 0 Å². The van der Waals surface area contributed by atoms with Crippen LogP contribution < -0.4 is 0 Å². The molecule has 0 fully saturated rings. The van der Waals surface area contributed by atoms with Gasteiger partial charge in [0.25, 0.3) is 0 Å². The van der Waals surface area contributed by atoms with Gasteiger partial charge in [0, 0.05) is 0 Å². The first-order chi connectivity index (χ1) is 5.48. The van der Waals surface area contributed by atoms with E-state index in [1.807, 2.05) is 0 Å². The molecule has 0 saturated carbocycles. The zero-order valence-corrected chi connectivity index (χ0v) is 7.54. The standard InChI is InChI=1S/C5H12FO5P/c1-5(7)4-11-12(8,9)10-3-2-6/h5,7H,2-4H2,1H3,(H,8,9). The van der Waals surface area contributed by atoms with Crippen molar-refractivity contribution in [3.05, 3.63) is 0 Å². The molecule has 74 valence electrons. The molecule has 12 heavy (non-hydrogen) atoms. The molecule has 0 bridgehead atoms. The van der Waals surface area contributed by atoms with Gasteiger partial charge in [-0.05, 0) is 6.92 Å². The summed E-state index contributed by atoms with van der Waals surface area (Å²) in [5.41, 5.74) is 0. The summed E-state index contributed by atoms with van der Waals surface area (Å²) in [4.78, 5) is 8.73. The van der Waals surface area contributed by atoms with Gasteiger partial charge >= 0.3 is 7.82 Å². The van der Waals surface area contributed by atoms with Crippen LogP contribution in [-0.2, 0) is 13.6 Å². The molecule has 0 aliphatic rings. The molecule has 0 spiro atoms. The van der Waals surface area contributed by atoms with Crippen molar-refractivity contribution in [1.29, 1.82) is 0 Å². The highest BCUT2D eigenvalue weighted by Crippen LogP contribution is 2.42. The van der Waals surface area contributed by atoms with Crippen molar-refractivity contribution >= 4 is 7.82 Å². The number of hydrogen-bond donors (Lipinski definition) is 2. The Balaban J connectivity index is 3.64. The lowest BCUT2D eigenvalue weighted by Gasteiger charge is -2.11. The SMILES string of the molecule is CC(O)COP(=O)(O)OCCF. The third kappa shape index (κ3) is 6.69. The van der Waals surface area contributed by atoms with Crippen LogP contribution in [0.2, 0.25) is 0 Å². The fourth-order valence-corrected chi connectivity index (χ4v) is 1.17. The molecule has 5 nitrogen and oxygen atoms in total. The van der Waals surface area contributed by atoms with Gasteiger partial charge in [0.15, 0.2) is 0 Å². The normalized spacial score (nSPS) is 18.7. The molecule has 0 aromatic carbocycles. The summed E-state index contributed by atoms with van der Waals surface area (Å²) in [6.45, 7) is -0.286.